The van der Waals surface area contributed by atoms with E-state index in [9.17, 15) is 23.1 Å². The van der Waals surface area contributed by atoms with Gasteiger partial charge in [-0.05, 0) is 47.7 Å². The number of methoxy groups -OCH3 is 1. The van der Waals surface area contributed by atoms with Gasteiger partial charge in [-0.3, -0.25) is 9.59 Å². The smallest absolute Gasteiger partial charge is 0.307 e. The van der Waals surface area contributed by atoms with Crippen LogP contribution in [-0.4, -0.2) is 36.1 Å². The molecule has 2 amide bonds. The second kappa shape index (κ2) is 6.85. The van der Waals surface area contributed by atoms with Crippen molar-refractivity contribution in [2.45, 2.75) is 4.90 Å². The zero-order chi connectivity index (χ0) is 18.9. The maximum absolute atomic E-state index is 12.6. The Morgan fingerprint density at radius 3 is 2.46 bits per heavy atom. The van der Waals surface area contributed by atoms with Crippen molar-refractivity contribution in [1.82, 2.24) is 4.31 Å². The molecule has 1 saturated heterocycles. The van der Waals surface area contributed by atoms with Crippen LogP contribution in [0, 0.1) is 0 Å². The average molecular weight is 391 g/mol. The van der Waals surface area contributed by atoms with Crippen molar-refractivity contribution >= 4 is 39.0 Å². The molecule has 9 heteroatoms. The van der Waals surface area contributed by atoms with Crippen LogP contribution in [0.1, 0.15) is 5.56 Å². The number of amides is 2. The zero-order valence-corrected chi connectivity index (χ0v) is 15.1. The Hall–Kier alpha value is -2.78. The molecule has 0 atom stereocenters. The number of carbonyl (C=O) groups is 2. The highest BCUT2D eigenvalue weighted by Gasteiger charge is 2.44. The SMILES string of the molecule is COc1cc(/C=C2\SC(=O)N(S(=O)(=O)c3ccccc3)C2=O)ccc1O. The molecular weight excluding hydrogens is 378 g/mol. The van der Waals surface area contributed by atoms with Gasteiger partial charge in [-0.2, -0.15) is 4.31 Å². The molecule has 2 aromatic rings. The molecule has 0 spiro atoms. The fourth-order valence-corrected chi connectivity index (χ4v) is 4.71. The quantitative estimate of drug-likeness (QED) is 0.800. The first-order valence-corrected chi connectivity index (χ1v) is 9.55. The molecule has 2 aromatic carbocycles. The number of ether oxygens (including phenoxy) is 1. The maximum Gasteiger partial charge on any atom is 0.307 e. The van der Waals surface area contributed by atoms with Gasteiger partial charge in [0.15, 0.2) is 11.5 Å². The maximum atomic E-state index is 12.6. The van der Waals surface area contributed by atoms with E-state index in [0.29, 0.717) is 17.3 Å². The third kappa shape index (κ3) is 3.18. The summed E-state index contributed by atoms with van der Waals surface area (Å²) in [5.41, 5.74) is 0.474. The third-order valence-electron chi connectivity index (χ3n) is 3.54. The third-order valence-corrected chi connectivity index (χ3v) is 6.21. The fourth-order valence-electron chi connectivity index (χ4n) is 2.29. The molecule has 134 valence electrons. The van der Waals surface area contributed by atoms with E-state index in [0.717, 1.165) is 0 Å². The number of thioether (sulfide) groups is 1. The number of nitrogens with zero attached hydrogens (tertiary/aromatic N) is 1. The lowest BCUT2D eigenvalue weighted by Crippen LogP contribution is -2.34. The van der Waals surface area contributed by atoms with Gasteiger partial charge in [-0.15, -0.1) is 0 Å². The van der Waals surface area contributed by atoms with E-state index in [1.54, 1.807) is 6.07 Å². The van der Waals surface area contributed by atoms with Gasteiger partial charge in [0.25, 0.3) is 15.9 Å². The molecule has 0 radical (unpaired) electrons. The first-order valence-electron chi connectivity index (χ1n) is 7.30. The van der Waals surface area contributed by atoms with Crippen molar-refractivity contribution in [2.75, 3.05) is 7.11 Å². The summed E-state index contributed by atoms with van der Waals surface area (Å²) < 4.78 is 30.4. The summed E-state index contributed by atoms with van der Waals surface area (Å²) in [7, 11) is -2.90. The topological polar surface area (TPSA) is 101 Å². The van der Waals surface area contributed by atoms with Crippen molar-refractivity contribution in [3.8, 4) is 11.5 Å². The number of hydrogen-bond acceptors (Lipinski definition) is 7. The van der Waals surface area contributed by atoms with Gasteiger partial charge in [0, 0.05) is 0 Å². The number of rotatable bonds is 4. The van der Waals surface area contributed by atoms with Gasteiger partial charge < -0.3 is 9.84 Å². The minimum absolute atomic E-state index is 0.0396. The van der Waals surface area contributed by atoms with Crippen LogP contribution < -0.4 is 4.74 Å². The zero-order valence-electron chi connectivity index (χ0n) is 13.4. The van der Waals surface area contributed by atoms with Crippen LogP contribution >= 0.6 is 11.8 Å². The molecule has 1 heterocycles. The summed E-state index contributed by atoms with van der Waals surface area (Å²) in [5, 5.41) is 8.71. The van der Waals surface area contributed by atoms with E-state index in [-0.39, 0.29) is 25.6 Å². The van der Waals surface area contributed by atoms with E-state index in [1.807, 2.05) is 0 Å². The summed E-state index contributed by atoms with van der Waals surface area (Å²) in [6.45, 7) is 0. The highest BCUT2D eigenvalue weighted by atomic mass is 32.2. The van der Waals surface area contributed by atoms with Gasteiger partial charge >= 0.3 is 5.24 Å². The van der Waals surface area contributed by atoms with Gasteiger partial charge in [0.1, 0.15) is 0 Å². The molecule has 1 fully saturated rings. The summed E-state index contributed by atoms with van der Waals surface area (Å²) in [5.74, 6) is -0.810. The Kier molecular flexibility index (Phi) is 4.75. The first-order chi connectivity index (χ1) is 12.3. The molecule has 7 nitrogen and oxygen atoms in total. The van der Waals surface area contributed by atoms with Crippen LogP contribution in [0.4, 0.5) is 4.79 Å². The number of aromatic hydroxyl groups is 1. The molecule has 0 aromatic heterocycles. The van der Waals surface area contributed by atoms with Crippen LogP contribution in [-0.2, 0) is 14.8 Å². The van der Waals surface area contributed by atoms with Gasteiger partial charge in [0.05, 0.1) is 16.9 Å². The Bertz CT molecular complexity index is 1010. The standard InChI is InChI=1S/C17H13NO6S2/c1-24-14-9-11(7-8-13(14)19)10-15-16(20)18(17(21)25-15)26(22,23)12-5-3-2-4-6-12/h2-10,19H,1H3/b15-10-. The van der Waals surface area contributed by atoms with E-state index < -0.39 is 21.2 Å². The lowest BCUT2D eigenvalue weighted by molar-refractivity contribution is -0.119. The minimum Gasteiger partial charge on any atom is -0.504 e. The second-order valence-electron chi connectivity index (χ2n) is 5.20. The number of phenolic OH excluding ortho intramolecular Hbond substituents is 1. The number of sulfonamides is 1. The summed E-state index contributed by atoms with van der Waals surface area (Å²) in [4.78, 5) is 24.5. The van der Waals surface area contributed by atoms with Crippen molar-refractivity contribution in [1.29, 1.82) is 0 Å². The Morgan fingerprint density at radius 2 is 1.81 bits per heavy atom. The molecule has 1 aliphatic rings. The molecule has 0 aliphatic carbocycles. The highest BCUT2D eigenvalue weighted by molar-refractivity contribution is 8.19. The molecular formula is C17H13NO6S2. The molecule has 1 aliphatic heterocycles. The lowest BCUT2D eigenvalue weighted by Gasteiger charge is -2.12. The molecule has 0 unspecified atom stereocenters. The largest absolute Gasteiger partial charge is 0.504 e. The Morgan fingerprint density at radius 1 is 1.12 bits per heavy atom. The predicted octanol–water partition coefficient (Wildman–Crippen LogP) is 2.83. The van der Waals surface area contributed by atoms with Crippen LogP contribution in [0.5, 0.6) is 11.5 Å². The molecule has 26 heavy (non-hydrogen) atoms. The van der Waals surface area contributed by atoms with E-state index >= 15 is 0 Å². The molecule has 0 saturated carbocycles. The number of phenols is 1. The Balaban J connectivity index is 1.97. The monoisotopic (exact) mass is 391 g/mol. The second-order valence-corrected chi connectivity index (χ2v) is 7.98. The summed E-state index contributed by atoms with van der Waals surface area (Å²) in [6.07, 6.45) is 1.37. The summed E-state index contributed by atoms with van der Waals surface area (Å²) >= 11 is 0.532. The van der Waals surface area contributed by atoms with E-state index in [4.69, 9.17) is 4.74 Å². The van der Waals surface area contributed by atoms with Gasteiger partial charge in [0.2, 0.25) is 0 Å². The molecule has 3 rings (SSSR count). The van der Waals surface area contributed by atoms with Crippen molar-refractivity contribution in [3.05, 3.63) is 59.0 Å². The predicted molar refractivity (Wildman–Crippen MR) is 96.1 cm³/mol. The average Bonchev–Trinajstić information content (AvgIpc) is 2.91. The minimum atomic E-state index is -4.27. The number of hydrogen-bond donors (Lipinski definition) is 1. The Labute approximate surface area is 153 Å². The van der Waals surface area contributed by atoms with E-state index in [2.05, 4.69) is 0 Å². The molecule has 0 bridgehead atoms. The lowest BCUT2D eigenvalue weighted by atomic mass is 10.2. The molecule has 1 N–H and O–H groups in total. The number of carbonyl (C=O) groups excluding carboxylic acids is 2. The van der Waals surface area contributed by atoms with Crippen LogP contribution in [0.3, 0.4) is 0 Å². The van der Waals surface area contributed by atoms with Crippen molar-refractivity contribution in [2.24, 2.45) is 0 Å². The first kappa shape index (κ1) is 18.0. The van der Waals surface area contributed by atoms with Gasteiger partial charge in [-0.1, -0.05) is 24.3 Å². The van der Waals surface area contributed by atoms with E-state index in [1.165, 1.54) is 55.7 Å². The normalized spacial score (nSPS) is 16.3. The van der Waals surface area contributed by atoms with Crippen LogP contribution in [0.25, 0.3) is 6.08 Å². The highest BCUT2D eigenvalue weighted by Crippen LogP contribution is 2.37. The summed E-state index contributed by atoms with van der Waals surface area (Å²) in [6, 6.07) is 11.6. The number of benzene rings is 2. The van der Waals surface area contributed by atoms with Gasteiger partial charge in [-0.25, -0.2) is 8.42 Å². The fraction of sp³-hybridized carbons (Fsp3) is 0.0588. The van der Waals surface area contributed by atoms with Crippen molar-refractivity contribution < 1.29 is 27.9 Å². The van der Waals surface area contributed by atoms with Crippen molar-refractivity contribution in [3.63, 3.8) is 0 Å². The number of imide groups is 1. The van der Waals surface area contributed by atoms with Crippen LogP contribution in [0.15, 0.2) is 58.3 Å². The van der Waals surface area contributed by atoms with Crippen LogP contribution in [0.2, 0.25) is 0 Å².